The molecule has 0 N–H and O–H groups in total. The summed E-state index contributed by atoms with van der Waals surface area (Å²) in [5, 5.41) is 9.49. The number of nitriles is 1. The number of pyridine rings is 1. The van der Waals surface area contributed by atoms with Gasteiger partial charge in [0, 0.05) is 22.9 Å². The molecule has 24 heavy (non-hydrogen) atoms. The molecule has 0 aliphatic heterocycles. The molecule has 1 heterocycles. The first-order valence-corrected chi connectivity index (χ1v) is 7.46. The van der Waals surface area contributed by atoms with E-state index in [0.717, 1.165) is 16.9 Å². The second-order valence-electron chi connectivity index (χ2n) is 5.49. The lowest BCUT2D eigenvalue weighted by Gasteiger charge is -2.10. The maximum atomic E-state index is 12.9. The van der Waals surface area contributed by atoms with Crippen molar-refractivity contribution >= 4 is 5.78 Å². The van der Waals surface area contributed by atoms with Gasteiger partial charge >= 0.3 is 0 Å². The summed E-state index contributed by atoms with van der Waals surface area (Å²) in [6, 6.07) is 16.9. The number of hydrogen-bond acceptors (Lipinski definition) is 4. The van der Waals surface area contributed by atoms with E-state index in [-0.39, 0.29) is 5.78 Å². The molecular formula is C20H12N2O2. The molecule has 4 rings (SSSR count). The van der Waals surface area contributed by atoms with E-state index in [1.165, 1.54) is 6.20 Å². The molecule has 1 aromatic heterocycles. The molecule has 0 spiro atoms. The molecule has 0 saturated heterocycles. The van der Waals surface area contributed by atoms with E-state index in [1.807, 2.05) is 42.5 Å². The van der Waals surface area contributed by atoms with Crippen molar-refractivity contribution in [1.82, 2.24) is 4.98 Å². The fourth-order valence-corrected chi connectivity index (χ4v) is 3.10. The SMILES string of the molecule is COc1ccc(-c2c(C#N)cnc3c2C(=O)c2ccccc2-3)cc1. The zero-order valence-corrected chi connectivity index (χ0v) is 12.9. The zero-order valence-electron chi connectivity index (χ0n) is 12.9. The summed E-state index contributed by atoms with van der Waals surface area (Å²) in [6.45, 7) is 0. The van der Waals surface area contributed by atoms with E-state index in [9.17, 15) is 10.1 Å². The first kappa shape index (κ1) is 14.2. The molecule has 0 saturated carbocycles. The van der Waals surface area contributed by atoms with Gasteiger partial charge in [0.25, 0.3) is 0 Å². The van der Waals surface area contributed by atoms with Crippen molar-refractivity contribution < 1.29 is 9.53 Å². The Morgan fingerprint density at radius 2 is 1.71 bits per heavy atom. The number of ketones is 1. The minimum Gasteiger partial charge on any atom is -0.497 e. The van der Waals surface area contributed by atoms with Gasteiger partial charge in [-0.25, -0.2) is 0 Å². The van der Waals surface area contributed by atoms with E-state index in [0.29, 0.717) is 27.9 Å². The van der Waals surface area contributed by atoms with Gasteiger partial charge in [-0.3, -0.25) is 9.78 Å². The van der Waals surface area contributed by atoms with E-state index >= 15 is 0 Å². The predicted molar refractivity (Wildman–Crippen MR) is 89.8 cm³/mol. The number of benzene rings is 2. The largest absolute Gasteiger partial charge is 0.497 e. The number of nitrogens with zero attached hydrogens (tertiary/aromatic N) is 2. The average molecular weight is 312 g/mol. The summed E-state index contributed by atoms with van der Waals surface area (Å²) < 4.78 is 5.18. The lowest BCUT2D eigenvalue weighted by atomic mass is 9.94. The molecule has 0 amide bonds. The minimum absolute atomic E-state index is 0.0870. The second-order valence-corrected chi connectivity index (χ2v) is 5.49. The molecule has 114 valence electrons. The molecular weight excluding hydrogens is 300 g/mol. The Bertz CT molecular complexity index is 1010. The van der Waals surface area contributed by atoms with Crippen molar-refractivity contribution in [3.8, 4) is 34.2 Å². The molecule has 0 bridgehead atoms. The van der Waals surface area contributed by atoms with Crippen LogP contribution in [0.4, 0.5) is 0 Å². The fraction of sp³-hybridized carbons (Fsp3) is 0.0500. The van der Waals surface area contributed by atoms with E-state index in [4.69, 9.17) is 4.74 Å². The Labute approximate surface area is 139 Å². The van der Waals surface area contributed by atoms with Crippen LogP contribution in [0.1, 0.15) is 21.5 Å². The second kappa shape index (κ2) is 5.32. The Balaban J connectivity index is 2.01. The lowest BCUT2D eigenvalue weighted by molar-refractivity contribution is 0.104. The zero-order chi connectivity index (χ0) is 16.7. The van der Waals surface area contributed by atoms with Crippen molar-refractivity contribution in [3.05, 3.63) is 71.4 Å². The lowest BCUT2D eigenvalue weighted by Crippen LogP contribution is -2.01. The van der Waals surface area contributed by atoms with Gasteiger partial charge in [-0.1, -0.05) is 36.4 Å². The van der Waals surface area contributed by atoms with Crippen molar-refractivity contribution in [2.24, 2.45) is 0 Å². The van der Waals surface area contributed by atoms with Crippen LogP contribution in [0.15, 0.2) is 54.7 Å². The highest BCUT2D eigenvalue weighted by Crippen LogP contribution is 2.41. The summed E-state index contributed by atoms with van der Waals surface area (Å²) in [4.78, 5) is 17.3. The summed E-state index contributed by atoms with van der Waals surface area (Å²) in [5.41, 5.74) is 4.40. The molecule has 0 radical (unpaired) electrons. The Morgan fingerprint density at radius 3 is 2.38 bits per heavy atom. The summed E-state index contributed by atoms with van der Waals surface area (Å²) in [7, 11) is 1.60. The van der Waals surface area contributed by atoms with Crippen molar-refractivity contribution in [3.63, 3.8) is 0 Å². The Morgan fingerprint density at radius 1 is 1.00 bits per heavy atom. The highest BCUT2D eigenvalue weighted by Gasteiger charge is 2.32. The molecule has 4 nitrogen and oxygen atoms in total. The number of rotatable bonds is 2. The fourth-order valence-electron chi connectivity index (χ4n) is 3.10. The van der Waals surface area contributed by atoms with Crippen LogP contribution < -0.4 is 4.74 Å². The van der Waals surface area contributed by atoms with Crippen LogP contribution >= 0.6 is 0 Å². The quantitative estimate of drug-likeness (QED) is 0.564. The van der Waals surface area contributed by atoms with E-state index in [2.05, 4.69) is 11.1 Å². The van der Waals surface area contributed by atoms with Gasteiger partial charge in [0.05, 0.1) is 23.9 Å². The normalized spacial score (nSPS) is 11.6. The molecule has 0 atom stereocenters. The van der Waals surface area contributed by atoms with Gasteiger partial charge in [0.15, 0.2) is 5.78 Å². The van der Waals surface area contributed by atoms with Crippen molar-refractivity contribution in [1.29, 1.82) is 5.26 Å². The van der Waals surface area contributed by atoms with Crippen molar-refractivity contribution in [2.45, 2.75) is 0 Å². The maximum absolute atomic E-state index is 12.9. The molecule has 2 aromatic carbocycles. The third-order valence-electron chi connectivity index (χ3n) is 4.23. The third-order valence-corrected chi connectivity index (χ3v) is 4.23. The van der Waals surface area contributed by atoms with Crippen LogP contribution in [0.3, 0.4) is 0 Å². The third kappa shape index (κ3) is 1.92. The molecule has 3 aromatic rings. The molecule has 0 unspecified atom stereocenters. The maximum Gasteiger partial charge on any atom is 0.196 e. The van der Waals surface area contributed by atoms with E-state index in [1.54, 1.807) is 13.2 Å². The highest BCUT2D eigenvalue weighted by molar-refractivity contribution is 6.24. The predicted octanol–water partition coefficient (Wildman–Crippen LogP) is 3.84. The average Bonchev–Trinajstić information content (AvgIpc) is 2.94. The first-order valence-electron chi connectivity index (χ1n) is 7.46. The number of ether oxygens (including phenoxy) is 1. The topological polar surface area (TPSA) is 63.0 Å². The first-order chi connectivity index (χ1) is 11.7. The Kier molecular flexibility index (Phi) is 3.14. The monoisotopic (exact) mass is 312 g/mol. The number of methoxy groups -OCH3 is 1. The Hall–Kier alpha value is -3.45. The van der Waals surface area contributed by atoms with Crippen molar-refractivity contribution in [2.75, 3.05) is 7.11 Å². The van der Waals surface area contributed by atoms with Crippen LogP contribution in [-0.2, 0) is 0 Å². The number of fused-ring (bicyclic) bond motifs is 3. The van der Waals surface area contributed by atoms with Gasteiger partial charge in [0.1, 0.15) is 11.8 Å². The summed E-state index contributed by atoms with van der Waals surface area (Å²) in [6.07, 6.45) is 1.54. The molecule has 4 heteroatoms. The summed E-state index contributed by atoms with van der Waals surface area (Å²) in [5.74, 6) is 0.633. The smallest absolute Gasteiger partial charge is 0.196 e. The highest BCUT2D eigenvalue weighted by atomic mass is 16.5. The number of aromatic nitrogens is 1. The molecule has 0 fully saturated rings. The van der Waals surface area contributed by atoms with Crippen LogP contribution in [0, 0.1) is 11.3 Å². The number of carbonyl (C=O) groups is 1. The van der Waals surface area contributed by atoms with E-state index < -0.39 is 0 Å². The van der Waals surface area contributed by atoms with Gasteiger partial charge in [-0.15, -0.1) is 0 Å². The molecule has 1 aliphatic rings. The minimum atomic E-state index is -0.0870. The number of carbonyl (C=O) groups excluding carboxylic acids is 1. The van der Waals surface area contributed by atoms with Gasteiger partial charge in [-0.2, -0.15) is 5.26 Å². The van der Waals surface area contributed by atoms with Gasteiger partial charge in [-0.05, 0) is 17.7 Å². The number of hydrogen-bond donors (Lipinski definition) is 0. The van der Waals surface area contributed by atoms with Crippen LogP contribution in [0.25, 0.3) is 22.4 Å². The van der Waals surface area contributed by atoms with Crippen LogP contribution in [0.2, 0.25) is 0 Å². The molecule has 1 aliphatic carbocycles. The van der Waals surface area contributed by atoms with Gasteiger partial charge in [0.2, 0.25) is 0 Å². The van der Waals surface area contributed by atoms with Crippen LogP contribution in [-0.4, -0.2) is 17.9 Å². The van der Waals surface area contributed by atoms with Gasteiger partial charge < -0.3 is 4.74 Å². The standard InChI is InChI=1S/C20H12N2O2/c1-24-14-8-6-12(7-9-14)17-13(10-21)11-22-19-15-4-2-3-5-16(15)20(23)18(17)19/h2-9,11H,1H3. The van der Waals surface area contributed by atoms with Crippen LogP contribution in [0.5, 0.6) is 5.75 Å². The summed E-state index contributed by atoms with van der Waals surface area (Å²) >= 11 is 0.